The maximum Gasteiger partial charge on any atom is 0.229 e. The highest BCUT2D eigenvalue weighted by Gasteiger charge is 2.15. The van der Waals surface area contributed by atoms with Crippen molar-refractivity contribution in [2.45, 2.75) is 19.3 Å². The van der Waals surface area contributed by atoms with Gasteiger partial charge >= 0.3 is 0 Å². The molecule has 1 atom stereocenters. The molecule has 0 aliphatic rings. The van der Waals surface area contributed by atoms with Crippen LogP contribution < -0.4 is 5.73 Å². The number of nitrogens with two attached hydrogens (primary N) is 1. The third-order valence-corrected chi connectivity index (χ3v) is 2.71. The van der Waals surface area contributed by atoms with E-state index in [1.54, 1.807) is 5.51 Å². The minimum atomic E-state index is 0.204. The zero-order valence-corrected chi connectivity index (χ0v) is 9.20. The lowest BCUT2D eigenvalue weighted by Crippen LogP contribution is -2.04. The molecule has 2 aromatic heterocycles. The van der Waals surface area contributed by atoms with Gasteiger partial charge in [-0.15, -0.1) is 11.3 Å². The number of nitrogens with zero attached hydrogens (tertiary/aromatic N) is 3. The predicted molar refractivity (Wildman–Crippen MR) is 57.5 cm³/mol. The Balaban J connectivity index is 2.17. The number of rotatable bonds is 4. The Hall–Kier alpha value is -1.27. The molecule has 0 fully saturated rings. The van der Waals surface area contributed by atoms with Gasteiger partial charge in [-0.05, 0) is 13.0 Å². The van der Waals surface area contributed by atoms with Gasteiger partial charge in [-0.3, -0.25) is 0 Å². The summed E-state index contributed by atoms with van der Waals surface area (Å²) < 4.78 is 5.15. The third-order valence-electron chi connectivity index (χ3n) is 2.12. The van der Waals surface area contributed by atoms with E-state index < -0.39 is 0 Å². The molecule has 2 N–H and O–H groups in total. The van der Waals surface area contributed by atoms with Gasteiger partial charge in [-0.25, -0.2) is 4.98 Å². The van der Waals surface area contributed by atoms with Crippen LogP contribution in [0.25, 0.3) is 11.5 Å². The fourth-order valence-corrected chi connectivity index (χ4v) is 1.77. The Morgan fingerprint density at radius 3 is 3.13 bits per heavy atom. The van der Waals surface area contributed by atoms with Gasteiger partial charge in [0.15, 0.2) is 0 Å². The maximum absolute atomic E-state index is 5.47. The SMILES string of the molecule is CC(CCN)c1nc(-c2cscn2)no1. The van der Waals surface area contributed by atoms with E-state index >= 15 is 0 Å². The van der Waals surface area contributed by atoms with Crippen LogP contribution >= 0.6 is 11.3 Å². The first kappa shape index (κ1) is 10.3. The average Bonchev–Trinajstić information content (AvgIpc) is 2.89. The summed E-state index contributed by atoms with van der Waals surface area (Å²) in [4.78, 5) is 8.40. The van der Waals surface area contributed by atoms with Crippen molar-refractivity contribution in [3.05, 3.63) is 16.8 Å². The van der Waals surface area contributed by atoms with Gasteiger partial charge < -0.3 is 10.3 Å². The second-order valence-corrected chi connectivity index (χ2v) is 4.03. The molecule has 6 heteroatoms. The Bertz CT molecular complexity index is 411. The summed E-state index contributed by atoms with van der Waals surface area (Å²) in [5.41, 5.74) is 7.97. The molecule has 0 radical (unpaired) electrons. The van der Waals surface area contributed by atoms with Gasteiger partial charge in [0, 0.05) is 11.3 Å². The van der Waals surface area contributed by atoms with Crippen LogP contribution in [0.2, 0.25) is 0 Å². The Kier molecular flexibility index (Phi) is 3.08. The molecule has 2 aromatic rings. The van der Waals surface area contributed by atoms with Gasteiger partial charge in [0.05, 0.1) is 5.51 Å². The molecule has 80 valence electrons. The number of hydrogen-bond donors (Lipinski definition) is 1. The third kappa shape index (κ3) is 2.21. The van der Waals surface area contributed by atoms with Crippen molar-refractivity contribution in [2.24, 2.45) is 5.73 Å². The minimum absolute atomic E-state index is 0.204. The molecule has 15 heavy (non-hydrogen) atoms. The van der Waals surface area contributed by atoms with Crippen molar-refractivity contribution in [1.82, 2.24) is 15.1 Å². The molecule has 0 aliphatic heterocycles. The van der Waals surface area contributed by atoms with E-state index in [-0.39, 0.29) is 5.92 Å². The normalized spacial score (nSPS) is 12.9. The van der Waals surface area contributed by atoms with E-state index in [0.29, 0.717) is 18.3 Å². The van der Waals surface area contributed by atoms with E-state index in [4.69, 9.17) is 10.3 Å². The summed E-state index contributed by atoms with van der Waals surface area (Å²) in [5, 5.41) is 5.77. The molecule has 2 rings (SSSR count). The second-order valence-electron chi connectivity index (χ2n) is 3.31. The summed E-state index contributed by atoms with van der Waals surface area (Å²) >= 11 is 1.51. The number of thiazole rings is 1. The molecule has 0 bridgehead atoms. The van der Waals surface area contributed by atoms with Crippen molar-refractivity contribution < 1.29 is 4.52 Å². The van der Waals surface area contributed by atoms with Crippen molar-refractivity contribution in [3.63, 3.8) is 0 Å². The zero-order chi connectivity index (χ0) is 10.7. The van der Waals surface area contributed by atoms with Crippen LogP contribution in [0.4, 0.5) is 0 Å². The smallest absolute Gasteiger partial charge is 0.229 e. The summed E-state index contributed by atoms with van der Waals surface area (Å²) in [7, 11) is 0. The van der Waals surface area contributed by atoms with E-state index in [2.05, 4.69) is 15.1 Å². The molecule has 0 spiro atoms. The molecular weight excluding hydrogens is 212 g/mol. The minimum Gasteiger partial charge on any atom is -0.339 e. The van der Waals surface area contributed by atoms with E-state index in [1.807, 2.05) is 12.3 Å². The highest BCUT2D eigenvalue weighted by atomic mass is 32.1. The molecular formula is C9H12N4OS. The van der Waals surface area contributed by atoms with Crippen LogP contribution in [-0.4, -0.2) is 21.7 Å². The Morgan fingerprint density at radius 1 is 1.60 bits per heavy atom. The molecule has 0 saturated heterocycles. The van der Waals surface area contributed by atoms with Gasteiger partial charge in [0.2, 0.25) is 11.7 Å². The average molecular weight is 224 g/mol. The maximum atomic E-state index is 5.47. The topological polar surface area (TPSA) is 77.8 Å². The predicted octanol–water partition coefficient (Wildman–Crippen LogP) is 1.65. The standard InChI is InChI=1S/C9H12N4OS/c1-6(2-3-10)9-12-8(13-14-9)7-4-15-5-11-7/h4-6H,2-3,10H2,1H3. The molecule has 2 heterocycles. The van der Waals surface area contributed by atoms with Crippen LogP contribution in [0, 0.1) is 0 Å². The monoisotopic (exact) mass is 224 g/mol. The van der Waals surface area contributed by atoms with Gasteiger partial charge in [0.25, 0.3) is 0 Å². The molecule has 0 aliphatic carbocycles. The Morgan fingerprint density at radius 2 is 2.47 bits per heavy atom. The fourth-order valence-electron chi connectivity index (χ4n) is 1.24. The highest BCUT2D eigenvalue weighted by Crippen LogP contribution is 2.20. The van der Waals surface area contributed by atoms with E-state index in [9.17, 15) is 0 Å². The highest BCUT2D eigenvalue weighted by molar-refractivity contribution is 7.07. The van der Waals surface area contributed by atoms with Crippen molar-refractivity contribution >= 4 is 11.3 Å². The Labute approximate surface area is 91.3 Å². The zero-order valence-electron chi connectivity index (χ0n) is 8.38. The molecule has 0 aromatic carbocycles. The second kappa shape index (κ2) is 4.50. The van der Waals surface area contributed by atoms with Crippen LogP contribution in [0.1, 0.15) is 25.2 Å². The van der Waals surface area contributed by atoms with Gasteiger partial charge in [-0.2, -0.15) is 4.98 Å². The van der Waals surface area contributed by atoms with Gasteiger partial charge in [0.1, 0.15) is 5.69 Å². The summed E-state index contributed by atoms with van der Waals surface area (Å²) in [6.07, 6.45) is 0.846. The first-order valence-electron chi connectivity index (χ1n) is 4.73. The number of hydrogen-bond acceptors (Lipinski definition) is 6. The first-order valence-corrected chi connectivity index (χ1v) is 5.67. The first-order chi connectivity index (χ1) is 7.31. The quantitative estimate of drug-likeness (QED) is 0.854. The summed E-state index contributed by atoms with van der Waals surface area (Å²) in [5.74, 6) is 1.38. The van der Waals surface area contributed by atoms with Gasteiger partial charge in [-0.1, -0.05) is 12.1 Å². The van der Waals surface area contributed by atoms with E-state index in [1.165, 1.54) is 11.3 Å². The lowest BCUT2D eigenvalue weighted by molar-refractivity contribution is 0.355. The largest absolute Gasteiger partial charge is 0.339 e. The van der Waals surface area contributed by atoms with Crippen molar-refractivity contribution in [2.75, 3.05) is 6.54 Å². The van der Waals surface area contributed by atoms with Crippen LogP contribution in [-0.2, 0) is 0 Å². The molecule has 0 amide bonds. The van der Waals surface area contributed by atoms with Crippen molar-refractivity contribution in [3.8, 4) is 11.5 Å². The lowest BCUT2D eigenvalue weighted by Gasteiger charge is -2.01. The lowest BCUT2D eigenvalue weighted by atomic mass is 10.1. The molecule has 0 saturated carbocycles. The fraction of sp³-hybridized carbons (Fsp3) is 0.444. The van der Waals surface area contributed by atoms with Crippen LogP contribution in [0.5, 0.6) is 0 Å². The van der Waals surface area contributed by atoms with Crippen molar-refractivity contribution in [1.29, 1.82) is 0 Å². The summed E-state index contributed by atoms with van der Waals surface area (Å²) in [6.45, 7) is 2.64. The summed E-state index contributed by atoms with van der Waals surface area (Å²) in [6, 6.07) is 0. The molecule has 5 nitrogen and oxygen atoms in total. The van der Waals surface area contributed by atoms with E-state index in [0.717, 1.165) is 12.1 Å². The molecule has 1 unspecified atom stereocenters. The number of aromatic nitrogens is 3. The van der Waals surface area contributed by atoms with Crippen LogP contribution in [0.15, 0.2) is 15.4 Å². The van der Waals surface area contributed by atoms with Crippen LogP contribution in [0.3, 0.4) is 0 Å².